The SMILES string of the molecule is Cc1nn(CC(C)C)c(C)c1CC(=O)NNC(=O)CNS(=O)(=O)c1ccccc1. The van der Waals surface area contributed by atoms with Gasteiger partial charge in [0, 0.05) is 17.8 Å². The molecule has 0 aliphatic carbocycles. The molecule has 0 aliphatic rings. The molecule has 0 saturated heterocycles. The standard InChI is InChI=1S/C19H27N5O4S/c1-13(2)12-24-15(4)17(14(3)23-24)10-18(25)21-22-19(26)11-20-29(27,28)16-8-6-5-7-9-16/h5-9,13,20H,10-12H2,1-4H3,(H,21,25)(H,22,26). The quantitative estimate of drug-likeness (QED) is 0.545. The molecule has 0 unspecified atom stereocenters. The maximum absolute atomic E-state index is 12.2. The zero-order chi connectivity index (χ0) is 21.6. The number of amides is 2. The molecule has 0 aliphatic heterocycles. The normalized spacial score (nSPS) is 11.5. The molecule has 2 rings (SSSR count). The van der Waals surface area contributed by atoms with Crippen LogP contribution in [0.15, 0.2) is 35.2 Å². The van der Waals surface area contributed by atoms with E-state index in [1.165, 1.54) is 12.1 Å². The maximum atomic E-state index is 12.2. The topological polar surface area (TPSA) is 122 Å². The van der Waals surface area contributed by atoms with Gasteiger partial charge in [0.05, 0.1) is 23.6 Å². The molecule has 0 radical (unpaired) electrons. The van der Waals surface area contributed by atoms with Crippen LogP contribution in [-0.2, 0) is 32.6 Å². The Morgan fingerprint density at radius 1 is 1.07 bits per heavy atom. The monoisotopic (exact) mass is 421 g/mol. The summed E-state index contributed by atoms with van der Waals surface area (Å²) in [6.07, 6.45) is 0.0613. The number of nitrogens with one attached hydrogen (secondary N) is 3. The van der Waals surface area contributed by atoms with Gasteiger partial charge in [-0.05, 0) is 31.9 Å². The van der Waals surface area contributed by atoms with Gasteiger partial charge in [-0.3, -0.25) is 25.1 Å². The van der Waals surface area contributed by atoms with Crippen molar-refractivity contribution in [2.24, 2.45) is 5.92 Å². The van der Waals surface area contributed by atoms with Crippen molar-refractivity contribution in [2.45, 2.75) is 45.6 Å². The van der Waals surface area contributed by atoms with E-state index in [1.807, 2.05) is 18.5 Å². The number of hydrazine groups is 1. The third-order valence-corrected chi connectivity index (χ3v) is 5.64. The molecule has 0 bridgehead atoms. The van der Waals surface area contributed by atoms with E-state index in [0.29, 0.717) is 5.92 Å². The fraction of sp³-hybridized carbons (Fsp3) is 0.421. The van der Waals surface area contributed by atoms with Crippen LogP contribution in [0.25, 0.3) is 0 Å². The molecule has 1 aromatic heterocycles. The van der Waals surface area contributed by atoms with Gasteiger partial charge in [-0.25, -0.2) is 13.1 Å². The average molecular weight is 422 g/mol. The van der Waals surface area contributed by atoms with Crippen LogP contribution in [0, 0.1) is 19.8 Å². The van der Waals surface area contributed by atoms with Crippen LogP contribution in [-0.4, -0.2) is 36.6 Å². The number of benzene rings is 1. The van der Waals surface area contributed by atoms with E-state index < -0.39 is 28.4 Å². The second-order valence-corrected chi connectivity index (χ2v) is 8.90. The van der Waals surface area contributed by atoms with Crippen molar-refractivity contribution in [3.05, 3.63) is 47.3 Å². The van der Waals surface area contributed by atoms with Crippen molar-refractivity contribution in [3.63, 3.8) is 0 Å². The largest absolute Gasteiger partial charge is 0.273 e. The van der Waals surface area contributed by atoms with Gasteiger partial charge in [0.1, 0.15) is 0 Å². The number of aromatic nitrogens is 2. The zero-order valence-corrected chi connectivity index (χ0v) is 17.8. The highest BCUT2D eigenvalue weighted by Crippen LogP contribution is 2.15. The predicted octanol–water partition coefficient (Wildman–Crippen LogP) is 0.824. The van der Waals surface area contributed by atoms with Gasteiger partial charge in [-0.1, -0.05) is 32.0 Å². The summed E-state index contributed by atoms with van der Waals surface area (Å²) in [6, 6.07) is 7.71. The summed E-state index contributed by atoms with van der Waals surface area (Å²) < 4.78 is 28.2. The highest BCUT2D eigenvalue weighted by atomic mass is 32.2. The molecule has 0 saturated carbocycles. The number of hydrogen-bond donors (Lipinski definition) is 3. The van der Waals surface area contributed by atoms with Crippen LogP contribution < -0.4 is 15.6 Å². The van der Waals surface area contributed by atoms with Crippen LogP contribution in [0.3, 0.4) is 0 Å². The van der Waals surface area contributed by atoms with Crippen LogP contribution in [0.2, 0.25) is 0 Å². The van der Waals surface area contributed by atoms with Crippen molar-refractivity contribution >= 4 is 21.8 Å². The Bertz CT molecular complexity index is 968. The lowest BCUT2D eigenvalue weighted by Gasteiger charge is -2.10. The molecule has 1 heterocycles. The number of carbonyl (C=O) groups excluding carboxylic acids is 2. The van der Waals surface area contributed by atoms with Gasteiger partial charge in [0.25, 0.3) is 5.91 Å². The molecular formula is C19H27N5O4S. The van der Waals surface area contributed by atoms with E-state index in [-0.39, 0.29) is 11.3 Å². The summed E-state index contributed by atoms with van der Waals surface area (Å²) in [5.74, 6) is -0.671. The molecule has 0 atom stereocenters. The summed E-state index contributed by atoms with van der Waals surface area (Å²) in [5, 5.41) is 4.46. The van der Waals surface area contributed by atoms with Crippen LogP contribution in [0.5, 0.6) is 0 Å². The first-order valence-corrected chi connectivity index (χ1v) is 10.7. The summed E-state index contributed by atoms with van der Waals surface area (Å²) >= 11 is 0. The lowest BCUT2D eigenvalue weighted by atomic mass is 10.1. The molecule has 2 amide bonds. The first-order chi connectivity index (χ1) is 13.6. The fourth-order valence-electron chi connectivity index (χ4n) is 2.75. The molecule has 1 aromatic carbocycles. The zero-order valence-electron chi connectivity index (χ0n) is 17.0. The van der Waals surface area contributed by atoms with Crippen molar-refractivity contribution < 1.29 is 18.0 Å². The Morgan fingerprint density at radius 3 is 2.31 bits per heavy atom. The molecule has 29 heavy (non-hydrogen) atoms. The third kappa shape index (κ3) is 6.40. The van der Waals surface area contributed by atoms with Crippen molar-refractivity contribution in [3.8, 4) is 0 Å². The maximum Gasteiger partial charge on any atom is 0.253 e. The van der Waals surface area contributed by atoms with E-state index in [2.05, 4.69) is 34.5 Å². The molecule has 0 fully saturated rings. The second kappa shape index (κ2) is 9.66. The van der Waals surface area contributed by atoms with Gasteiger partial charge in [0.15, 0.2) is 0 Å². The van der Waals surface area contributed by atoms with E-state index >= 15 is 0 Å². The van der Waals surface area contributed by atoms with Gasteiger partial charge >= 0.3 is 0 Å². The molecule has 10 heteroatoms. The Hall–Kier alpha value is -2.72. The number of carbonyl (C=O) groups is 2. The Labute approximate surface area is 170 Å². The fourth-order valence-corrected chi connectivity index (χ4v) is 3.75. The summed E-state index contributed by atoms with van der Waals surface area (Å²) in [6.45, 7) is 8.18. The number of rotatable bonds is 8. The minimum absolute atomic E-state index is 0.0567. The molecule has 3 N–H and O–H groups in total. The smallest absolute Gasteiger partial charge is 0.253 e. The minimum atomic E-state index is -3.80. The Balaban J connectivity index is 1.85. The Kier molecular flexibility index (Phi) is 7.52. The molecule has 2 aromatic rings. The second-order valence-electron chi connectivity index (χ2n) is 7.14. The lowest BCUT2D eigenvalue weighted by molar-refractivity contribution is -0.127. The summed E-state index contributed by atoms with van der Waals surface area (Å²) in [7, 11) is -3.80. The first kappa shape index (κ1) is 22.6. The van der Waals surface area contributed by atoms with Crippen LogP contribution in [0.1, 0.15) is 30.8 Å². The lowest BCUT2D eigenvalue weighted by Crippen LogP contribution is -2.46. The van der Waals surface area contributed by atoms with E-state index in [0.717, 1.165) is 23.5 Å². The predicted molar refractivity (Wildman–Crippen MR) is 108 cm³/mol. The highest BCUT2D eigenvalue weighted by Gasteiger charge is 2.17. The van der Waals surface area contributed by atoms with E-state index in [1.54, 1.807) is 18.2 Å². The molecular weight excluding hydrogens is 394 g/mol. The third-order valence-electron chi connectivity index (χ3n) is 4.22. The number of sulfonamides is 1. The highest BCUT2D eigenvalue weighted by molar-refractivity contribution is 7.89. The van der Waals surface area contributed by atoms with Crippen molar-refractivity contribution in [1.82, 2.24) is 25.4 Å². The van der Waals surface area contributed by atoms with Gasteiger partial charge in [-0.2, -0.15) is 5.10 Å². The van der Waals surface area contributed by atoms with Gasteiger partial charge in [0.2, 0.25) is 15.9 Å². The van der Waals surface area contributed by atoms with Crippen LogP contribution >= 0.6 is 0 Å². The molecule has 158 valence electrons. The summed E-state index contributed by atoms with van der Waals surface area (Å²) in [5.41, 5.74) is 7.00. The van der Waals surface area contributed by atoms with Gasteiger partial charge in [-0.15, -0.1) is 0 Å². The number of aryl methyl sites for hydroxylation is 1. The average Bonchev–Trinajstić information content (AvgIpc) is 2.92. The first-order valence-electron chi connectivity index (χ1n) is 9.25. The van der Waals surface area contributed by atoms with Crippen LogP contribution in [0.4, 0.5) is 0 Å². The summed E-state index contributed by atoms with van der Waals surface area (Å²) in [4.78, 5) is 24.1. The van der Waals surface area contributed by atoms with E-state index in [4.69, 9.17) is 0 Å². The molecule has 9 nitrogen and oxygen atoms in total. The Morgan fingerprint density at radius 2 is 1.69 bits per heavy atom. The van der Waals surface area contributed by atoms with Gasteiger partial charge < -0.3 is 0 Å². The van der Waals surface area contributed by atoms with Crippen molar-refractivity contribution in [2.75, 3.05) is 6.54 Å². The number of hydrogen-bond acceptors (Lipinski definition) is 5. The van der Waals surface area contributed by atoms with E-state index in [9.17, 15) is 18.0 Å². The molecule has 0 spiro atoms. The minimum Gasteiger partial charge on any atom is -0.273 e. The number of nitrogens with zero attached hydrogens (tertiary/aromatic N) is 2. The van der Waals surface area contributed by atoms with Crippen molar-refractivity contribution in [1.29, 1.82) is 0 Å².